The number of nitrogens with one attached hydrogen (secondary N) is 1. The van der Waals surface area contributed by atoms with E-state index in [4.69, 9.17) is 0 Å². The lowest BCUT2D eigenvalue weighted by Gasteiger charge is -2.17. The van der Waals surface area contributed by atoms with E-state index in [1.807, 2.05) is 24.1 Å². The maximum Gasteiger partial charge on any atom is 0.0534 e. The van der Waals surface area contributed by atoms with Gasteiger partial charge in [-0.15, -0.1) is 0 Å². The van der Waals surface area contributed by atoms with Crippen LogP contribution < -0.4 is 5.32 Å². The van der Waals surface area contributed by atoms with Gasteiger partial charge in [-0.1, -0.05) is 13.5 Å². The summed E-state index contributed by atoms with van der Waals surface area (Å²) in [5, 5.41) is 7.43. The Labute approximate surface area is 97.9 Å². The van der Waals surface area contributed by atoms with E-state index in [1.165, 1.54) is 11.1 Å². The second-order valence-corrected chi connectivity index (χ2v) is 4.22. The summed E-state index contributed by atoms with van der Waals surface area (Å²) in [6, 6.07) is 0. The first-order chi connectivity index (χ1) is 7.61. The van der Waals surface area contributed by atoms with E-state index in [-0.39, 0.29) is 0 Å². The first kappa shape index (κ1) is 12.9. The lowest BCUT2D eigenvalue weighted by Crippen LogP contribution is -2.25. The molecule has 0 atom stereocenters. The molecule has 1 N–H and O–H groups in total. The fraction of sp³-hybridized carbons (Fsp3) is 0.583. The highest BCUT2D eigenvalue weighted by molar-refractivity contribution is 5.05. The second kappa shape index (κ2) is 6.45. The Morgan fingerprint density at radius 3 is 2.94 bits per heavy atom. The highest BCUT2D eigenvalue weighted by Crippen LogP contribution is 2.02. The van der Waals surface area contributed by atoms with Crippen LogP contribution in [0, 0.1) is 0 Å². The molecule has 0 aliphatic carbocycles. The Hall–Kier alpha value is -1.13. The molecule has 0 amide bonds. The molecule has 0 fully saturated rings. The van der Waals surface area contributed by atoms with Crippen LogP contribution >= 0.6 is 0 Å². The summed E-state index contributed by atoms with van der Waals surface area (Å²) in [7, 11) is 4.04. The van der Waals surface area contributed by atoms with Gasteiger partial charge in [0, 0.05) is 38.4 Å². The van der Waals surface area contributed by atoms with Crippen molar-refractivity contribution < 1.29 is 0 Å². The van der Waals surface area contributed by atoms with Gasteiger partial charge >= 0.3 is 0 Å². The van der Waals surface area contributed by atoms with Crippen molar-refractivity contribution >= 4 is 0 Å². The van der Waals surface area contributed by atoms with Crippen LogP contribution in [-0.2, 0) is 13.6 Å². The first-order valence-corrected chi connectivity index (χ1v) is 5.65. The number of hydrogen-bond donors (Lipinski definition) is 1. The normalized spacial score (nSPS) is 11.0. The molecule has 1 rings (SSSR count). The summed E-state index contributed by atoms with van der Waals surface area (Å²) < 4.78 is 1.83. The van der Waals surface area contributed by atoms with Crippen LogP contribution in [0.3, 0.4) is 0 Å². The van der Waals surface area contributed by atoms with Crippen LogP contribution in [0.2, 0.25) is 0 Å². The highest BCUT2D eigenvalue weighted by Gasteiger charge is 2.03. The Kier molecular flexibility index (Phi) is 5.22. The molecule has 1 heterocycles. The van der Waals surface area contributed by atoms with Crippen LogP contribution in [0.5, 0.6) is 0 Å². The van der Waals surface area contributed by atoms with Gasteiger partial charge in [0.1, 0.15) is 0 Å². The van der Waals surface area contributed by atoms with E-state index >= 15 is 0 Å². The van der Waals surface area contributed by atoms with E-state index in [1.54, 1.807) is 0 Å². The maximum absolute atomic E-state index is 4.15. The summed E-state index contributed by atoms with van der Waals surface area (Å²) in [6.45, 7) is 9.88. The van der Waals surface area contributed by atoms with Crippen LogP contribution in [0.25, 0.3) is 0 Å². The van der Waals surface area contributed by atoms with Crippen LogP contribution in [-0.4, -0.2) is 41.4 Å². The van der Waals surface area contributed by atoms with Crippen molar-refractivity contribution in [3.8, 4) is 0 Å². The van der Waals surface area contributed by atoms with E-state index in [0.29, 0.717) is 0 Å². The quantitative estimate of drug-likeness (QED) is 0.699. The van der Waals surface area contributed by atoms with Gasteiger partial charge in [0.2, 0.25) is 0 Å². The minimum atomic E-state index is 0.897. The second-order valence-electron chi connectivity index (χ2n) is 4.22. The fourth-order valence-electron chi connectivity index (χ4n) is 1.66. The standard InChI is InChI=1S/C12H22N4/c1-5-13-6-11(2)8-15(3)9-12-7-14-16(4)10-12/h7,10,13H,2,5-6,8-9H2,1,3-4H3. The summed E-state index contributed by atoms with van der Waals surface area (Å²) in [5.41, 5.74) is 2.45. The zero-order valence-electron chi connectivity index (χ0n) is 10.5. The van der Waals surface area contributed by atoms with Crippen molar-refractivity contribution in [3.05, 3.63) is 30.1 Å². The third-order valence-corrected chi connectivity index (χ3v) is 2.33. The summed E-state index contributed by atoms with van der Waals surface area (Å²) in [6.07, 6.45) is 3.95. The first-order valence-electron chi connectivity index (χ1n) is 5.65. The molecule has 90 valence electrons. The predicted molar refractivity (Wildman–Crippen MR) is 67.2 cm³/mol. The van der Waals surface area contributed by atoms with Gasteiger partial charge in [-0.05, 0) is 19.2 Å². The number of aromatic nitrogens is 2. The van der Waals surface area contributed by atoms with Crippen LogP contribution in [0.1, 0.15) is 12.5 Å². The SMILES string of the molecule is C=C(CNCC)CN(C)Cc1cnn(C)c1. The fourth-order valence-corrected chi connectivity index (χ4v) is 1.66. The third-order valence-electron chi connectivity index (χ3n) is 2.33. The van der Waals surface area contributed by atoms with Crippen molar-refractivity contribution in [2.24, 2.45) is 7.05 Å². The number of likely N-dealkylation sites (N-methyl/N-ethyl adjacent to an activating group) is 2. The Morgan fingerprint density at radius 1 is 1.62 bits per heavy atom. The van der Waals surface area contributed by atoms with Gasteiger partial charge in [0.15, 0.2) is 0 Å². The Balaban J connectivity index is 2.30. The molecule has 0 saturated heterocycles. The molecular weight excluding hydrogens is 200 g/mol. The van der Waals surface area contributed by atoms with Crippen LogP contribution in [0.15, 0.2) is 24.5 Å². The lowest BCUT2D eigenvalue weighted by atomic mass is 10.2. The zero-order valence-corrected chi connectivity index (χ0v) is 10.5. The average molecular weight is 222 g/mol. The molecule has 1 aromatic rings. The molecule has 0 unspecified atom stereocenters. The topological polar surface area (TPSA) is 33.1 Å². The van der Waals surface area contributed by atoms with Crippen molar-refractivity contribution in [1.29, 1.82) is 0 Å². The van der Waals surface area contributed by atoms with Gasteiger partial charge < -0.3 is 5.32 Å². The van der Waals surface area contributed by atoms with Crippen LogP contribution in [0.4, 0.5) is 0 Å². The number of aryl methyl sites for hydroxylation is 1. The van der Waals surface area contributed by atoms with Gasteiger partial charge in [-0.2, -0.15) is 5.10 Å². The minimum absolute atomic E-state index is 0.897. The highest BCUT2D eigenvalue weighted by atomic mass is 15.2. The predicted octanol–water partition coefficient (Wildman–Crippen LogP) is 1.02. The maximum atomic E-state index is 4.15. The molecule has 0 spiro atoms. The third kappa shape index (κ3) is 4.59. The number of rotatable bonds is 7. The van der Waals surface area contributed by atoms with Crippen molar-refractivity contribution in [3.63, 3.8) is 0 Å². The zero-order chi connectivity index (χ0) is 12.0. The lowest BCUT2D eigenvalue weighted by molar-refractivity contribution is 0.352. The molecule has 0 aliphatic rings. The van der Waals surface area contributed by atoms with Crippen molar-refractivity contribution in [2.75, 3.05) is 26.7 Å². The largest absolute Gasteiger partial charge is 0.313 e. The van der Waals surface area contributed by atoms with Gasteiger partial charge in [0.05, 0.1) is 6.20 Å². The van der Waals surface area contributed by atoms with Gasteiger partial charge in [0.25, 0.3) is 0 Å². The van der Waals surface area contributed by atoms with Crippen molar-refractivity contribution in [2.45, 2.75) is 13.5 Å². The molecular formula is C12H22N4. The van der Waals surface area contributed by atoms with E-state index < -0.39 is 0 Å². The molecule has 4 heteroatoms. The number of hydrogen-bond acceptors (Lipinski definition) is 3. The molecule has 1 aromatic heterocycles. The summed E-state index contributed by atoms with van der Waals surface area (Å²) in [5.74, 6) is 0. The van der Waals surface area contributed by atoms with E-state index in [0.717, 1.165) is 26.2 Å². The molecule has 0 aliphatic heterocycles. The Morgan fingerprint density at radius 2 is 2.38 bits per heavy atom. The molecule has 0 radical (unpaired) electrons. The number of nitrogens with zero attached hydrogens (tertiary/aromatic N) is 3. The molecule has 0 bridgehead atoms. The van der Waals surface area contributed by atoms with Crippen molar-refractivity contribution in [1.82, 2.24) is 20.0 Å². The van der Waals surface area contributed by atoms with E-state index in [2.05, 4.69) is 35.9 Å². The van der Waals surface area contributed by atoms with E-state index in [9.17, 15) is 0 Å². The average Bonchev–Trinajstić information content (AvgIpc) is 2.60. The summed E-state index contributed by atoms with van der Waals surface area (Å²) in [4.78, 5) is 2.25. The van der Waals surface area contributed by atoms with Gasteiger partial charge in [-0.3, -0.25) is 9.58 Å². The smallest absolute Gasteiger partial charge is 0.0534 e. The molecule has 0 saturated carbocycles. The minimum Gasteiger partial charge on any atom is -0.313 e. The molecule has 4 nitrogen and oxygen atoms in total. The summed E-state index contributed by atoms with van der Waals surface area (Å²) >= 11 is 0. The van der Waals surface area contributed by atoms with Gasteiger partial charge in [-0.25, -0.2) is 0 Å². The molecule has 0 aromatic carbocycles. The monoisotopic (exact) mass is 222 g/mol. The molecule has 16 heavy (non-hydrogen) atoms. The Bertz CT molecular complexity index is 330.